The standard InChI is InChI=1S/C14H13N5O2/c1-2-16-11-6-15-7-12(18-11)17-8-3-4-9-10(5-8)14(21)19-13(9)20/h3-7H,2H2,1H3,(H2,16,17,18)(H,19,20,21). The normalized spacial score (nSPS) is 12.8. The molecular weight excluding hydrogens is 270 g/mol. The third-order valence-electron chi connectivity index (χ3n) is 3.00. The van der Waals surface area contributed by atoms with Crippen LogP contribution in [0.1, 0.15) is 27.6 Å². The Bertz CT molecular complexity index is 729. The highest BCUT2D eigenvalue weighted by Crippen LogP contribution is 2.22. The number of benzene rings is 1. The van der Waals surface area contributed by atoms with E-state index in [0.29, 0.717) is 28.5 Å². The molecule has 3 rings (SSSR count). The van der Waals surface area contributed by atoms with Crippen molar-refractivity contribution < 1.29 is 9.59 Å². The fourth-order valence-corrected chi connectivity index (χ4v) is 2.09. The van der Waals surface area contributed by atoms with Crippen molar-refractivity contribution in [3.63, 3.8) is 0 Å². The van der Waals surface area contributed by atoms with E-state index in [1.165, 1.54) is 0 Å². The van der Waals surface area contributed by atoms with Gasteiger partial charge in [0.1, 0.15) is 5.82 Å². The highest BCUT2D eigenvalue weighted by Gasteiger charge is 2.26. The van der Waals surface area contributed by atoms with Gasteiger partial charge < -0.3 is 10.6 Å². The summed E-state index contributed by atoms with van der Waals surface area (Å²) in [6.45, 7) is 2.72. The Kier molecular flexibility index (Phi) is 3.23. The Labute approximate surface area is 120 Å². The van der Waals surface area contributed by atoms with Crippen molar-refractivity contribution >= 4 is 29.1 Å². The van der Waals surface area contributed by atoms with Gasteiger partial charge in [-0.25, -0.2) is 4.98 Å². The second-order valence-electron chi connectivity index (χ2n) is 4.49. The van der Waals surface area contributed by atoms with Crippen molar-refractivity contribution in [1.29, 1.82) is 0 Å². The minimum absolute atomic E-state index is 0.362. The van der Waals surface area contributed by atoms with Crippen molar-refractivity contribution in [3.05, 3.63) is 41.7 Å². The molecule has 0 aliphatic carbocycles. The highest BCUT2D eigenvalue weighted by atomic mass is 16.2. The monoisotopic (exact) mass is 283 g/mol. The predicted molar refractivity (Wildman–Crippen MR) is 77.7 cm³/mol. The second kappa shape index (κ2) is 5.20. The lowest BCUT2D eigenvalue weighted by molar-refractivity contribution is 0.0879. The average Bonchev–Trinajstić information content (AvgIpc) is 2.74. The molecule has 0 fully saturated rings. The molecular formula is C14H13N5O2. The van der Waals surface area contributed by atoms with Crippen LogP contribution in [0, 0.1) is 0 Å². The van der Waals surface area contributed by atoms with E-state index in [2.05, 4.69) is 25.9 Å². The Hall–Kier alpha value is -2.96. The fraction of sp³-hybridized carbons (Fsp3) is 0.143. The molecule has 0 spiro atoms. The maximum Gasteiger partial charge on any atom is 0.259 e. The fourth-order valence-electron chi connectivity index (χ4n) is 2.09. The van der Waals surface area contributed by atoms with Crippen LogP contribution in [-0.4, -0.2) is 28.3 Å². The molecule has 0 saturated heterocycles. The summed E-state index contributed by atoms with van der Waals surface area (Å²) >= 11 is 0. The topological polar surface area (TPSA) is 96.0 Å². The summed E-state index contributed by atoms with van der Waals surface area (Å²) in [5, 5.41) is 8.38. The smallest absolute Gasteiger partial charge is 0.259 e. The Morgan fingerprint density at radius 3 is 2.67 bits per heavy atom. The van der Waals surface area contributed by atoms with E-state index in [9.17, 15) is 9.59 Å². The number of carbonyl (C=O) groups is 2. The first-order valence-electron chi connectivity index (χ1n) is 6.50. The van der Waals surface area contributed by atoms with Crippen molar-refractivity contribution in [2.45, 2.75) is 6.92 Å². The minimum Gasteiger partial charge on any atom is -0.369 e. The van der Waals surface area contributed by atoms with E-state index in [1.807, 2.05) is 6.92 Å². The molecule has 2 amide bonds. The van der Waals surface area contributed by atoms with Gasteiger partial charge in [0.25, 0.3) is 11.8 Å². The largest absolute Gasteiger partial charge is 0.369 e. The van der Waals surface area contributed by atoms with Crippen molar-refractivity contribution in [2.24, 2.45) is 0 Å². The predicted octanol–water partition coefficient (Wildman–Crippen LogP) is 1.54. The number of fused-ring (bicyclic) bond motifs is 1. The van der Waals surface area contributed by atoms with Gasteiger partial charge in [-0.05, 0) is 25.1 Å². The number of hydrogen-bond acceptors (Lipinski definition) is 6. The summed E-state index contributed by atoms with van der Waals surface area (Å²) in [5.74, 6) is 0.469. The average molecular weight is 283 g/mol. The molecule has 7 nitrogen and oxygen atoms in total. The molecule has 0 bridgehead atoms. The van der Waals surface area contributed by atoms with E-state index in [1.54, 1.807) is 30.6 Å². The van der Waals surface area contributed by atoms with Crippen molar-refractivity contribution in [3.8, 4) is 0 Å². The zero-order chi connectivity index (χ0) is 14.8. The molecule has 0 unspecified atom stereocenters. The summed E-state index contributed by atoms with van der Waals surface area (Å²) in [6.07, 6.45) is 3.21. The van der Waals surface area contributed by atoms with Crippen molar-refractivity contribution in [1.82, 2.24) is 15.3 Å². The lowest BCUT2D eigenvalue weighted by Crippen LogP contribution is -2.19. The van der Waals surface area contributed by atoms with Crippen LogP contribution >= 0.6 is 0 Å². The van der Waals surface area contributed by atoms with Gasteiger partial charge in [0.05, 0.1) is 23.5 Å². The van der Waals surface area contributed by atoms with E-state index in [0.717, 1.165) is 6.54 Å². The Balaban J connectivity index is 1.86. The first-order chi connectivity index (χ1) is 10.2. The SMILES string of the molecule is CCNc1cncc(Nc2ccc3c(c2)C(=O)NC3=O)n1. The van der Waals surface area contributed by atoms with E-state index < -0.39 is 0 Å². The number of anilines is 3. The van der Waals surface area contributed by atoms with Gasteiger partial charge >= 0.3 is 0 Å². The van der Waals surface area contributed by atoms with Crippen molar-refractivity contribution in [2.75, 3.05) is 17.2 Å². The molecule has 1 aromatic heterocycles. The summed E-state index contributed by atoms with van der Waals surface area (Å²) in [4.78, 5) is 31.5. The van der Waals surface area contributed by atoms with Gasteiger partial charge in [-0.1, -0.05) is 0 Å². The van der Waals surface area contributed by atoms with Crippen LogP contribution in [-0.2, 0) is 0 Å². The van der Waals surface area contributed by atoms with Gasteiger partial charge in [0.15, 0.2) is 5.82 Å². The van der Waals surface area contributed by atoms with Gasteiger partial charge in [-0.15, -0.1) is 0 Å². The molecule has 1 aliphatic rings. The lowest BCUT2D eigenvalue weighted by atomic mass is 10.1. The first-order valence-corrected chi connectivity index (χ1v) is 6.50. The van der Waals surface area contributed by atoms with Gasteiger partial charge in [-0.2, -0.15) is 0 Å². The molecule has 2 aromatic rings. The number of carbonyl (C=O) groups excluding carboxylic acids is 2. The van der Waals surface area contributed by atoms with Gasteiger partial charge in [-0.3, -0.25) is 19.9 Å². The number of rotatable bonds is 4. The van der Waals surface area contributed by atoms with Gasteiger partial charge in [0, 0.05) is 12.2 Å². The summed E-state index contributed by atoms with van der Waals surface area (Å²) < 4.78 is 0. The molecule has 1 aromatic carbocycles. The van der Waals surface area contributed by atoms with Gasteiger partial charge in [0.2, 0.25) is 0 Å². The number of nitrogens with one attached hydrogen (secondary N) is 3. The molecule has 7 heteroatoms. The Morgan fingerprint density at radius 1 is 1.10 bits per heavy atom. The number of nitrogens with zero attached hydrogens (tertiary/aromatic N) is 2. The lowest BCUT2D eigenvalue weighted by Gasteiger charge is -2.08. The first kappa shape index (κ1) is 13.0. The van der Waals surface area contributed by atoms with Crippen LogP contribution in [0.5, 0.6) is 0 Å². The second-order valence-corrected chi connectivity index (χ2v) is 4.49. The zero-order valence-electron chi connectivity index (χ0n) is 11.3. The van der Waals surface area contributed by atoms with Crippen LogP contribution in [0.3, 0.4) is 0 Å². The zero-order valence-corrected chi connectivity index (χ0v) is 11.3. The van der Waals surface area contributed by atoms with E-state index in [4.69, 9.17) is 0 Å². The maximum absolute atomic E-state index is 11.6. The third-order valence-corrected chi connectivity index (χ3v) is 3.00. The molecule has 21 heavy (non-hydrogen) atoms. The summed E-state index contributed by atoms with van der Waals surface area (Å²) in [6, 6.07) is 4.95. The molecule has 0 atom stereocenters. The summed E-state index contributed by atoms with van der Waals surface area (Å²) in [7, 11) is 0. The maximum atomic E-state index is 11.6. The summed E-state index contributed by atoms with van der Waals surface area (Å²) in [5.41, 5.74) is 1.42. The van der Waals surface area contributed by atoms with Crippen LogP contribution in [0.15, 0.2) is 30.6 Å². The highest BCUT2D eigenvalue weighted by molar-refractivity contribution is 6.21. The molecule has 2 heterocycles. The molecule has 1 aliphatic heterocycles. The third kappa shape index (κ3) is 2.53. The molecule has 3 N–H and O–H groups in total. The quantitative estimate of drug-likeness (QED) is 0.736. The Morgan fingerprint density at radius 2 is 1.86 bits per heavy atom. The van der Waals surface area contributed by atoms with E-state index >= 15 is 0 Å². The number of amides is 2. The number of imide groups is 1. The molecule has 0 radical (unpaired) electrons. The molecule has 0 saturated carbocycles. The molecule has 106 valence electrons. The van der Waals surface area contributed by atoms with E-state index in [-0.39, 0.29) is 11.8 Å². The minimum atomic E-state index is -0.383. The van der Waals surface area contributed by atoms with Crippen LogP contribution in [0.2, 0.25) is 0 Å². The van der Waals surface area contributed by atoms with Crippen LogP contribution in [0.25, 0.3) is 0 Å². The van der Waals surface area contributed by atoms with Crippen LogP contribution < -0.4 is 16.0 Å². The number of aromatic nitrogens is 2. The van der Waals surface area contributed by atoms with Crippen LogP contribution in [0.4, 0.5) is 17.3 Å². The number of hydrogen-bond donors (Lipinski definition) is 3.